The van der Waals surface area contributed by atoms with Crippen LogP contribution < -0.4 is 0 Å². The number of hydrogen-bond acceptors (Lipinski definition) is 1. The molecule has 0 saturated heterocycles. The molecule has 1 N–H and O–H groups in total. The molecular formula is C5H9ClO. The lowest BCUT2D eigenvalue weighted by molar-refractivity contribution is 0.225. The Labute approximate surface area is 48.3 Å². The minimum Gasteiger partial charge on any atom is -0.396 e. The van der Waals surface area contributed by atoms with Gasteiger partial charge in [-0.25, -0.2) is 0 Å². The van der Waals surface area contributed by atoms with E-state index in [4.69, 9.17) is 16.7 Å². The van der Waals surface area contributed by atoms with Crippen LogP contribution in [0.5, 0.6) is 0 Å². The van der Waals surface area contributed by atoms with E-state index in [1.165, 1.54) is 0 Å². The number of hydrogen-bond donors (Lipinski definition) is 1. The molecule has 1 saturated carbocycles. The predicted molar refractivity (Wildman–Crippen MR) is 29.5 cm³/mol. The molecule has 1 fully saturated rings. The SMILES string of the molecule is C[C@@]1(CO)C[C@H]1Cl. The van der Waals surface area contributed by atoms with E-state index >= 15 is 0 Å². The first-order valence-corrected chi connectivity index (χ1v) is 2.87. The second-order valence-corrected chi connectivity index (χ2v) is 3.01. The van der Waals surface area contributed by atoms with Crippen molar-refractivity contribution in [2.45, 2.75) is 18.7 Å². The molecule has 0 aromatic rings. The minimum absolute atomic E-state index is 0.0710. The van der Waals surface area contributed by atoms with Crippen LogP contribution in [-0.2, 0) is 0 Å². The highest BCUT2D eigenvalue weighted by atomic mass is 35.5. The molecule has 0 bridgehead atoms. The molecule has 0 aromatic heterocycles. The van der Waals surface area contributed by atoms with Crippen LogP contribution in [0, 0.1) is 5.41 Å². The van der Waals surface area contributed by atoms with Crippen molar-refractivity contribution >= 4 is 11.6 Å². The maximum atomic E-state index is 8.55. The Bertz CT molecular complexity index is 80.1. The molecule has 7 heavy (non-hydrogen) atoms. The molecule has 0 amide bonds. The minimum atomic E-state index is 0.0710. The van der Waals surface area contributed by atoms with Gasteiger partial charge in [0.1, 0.15) is 0 Å². The van der Waals surface area contributed by atoms with Gasteiger partial charge in [-0.1, -0.05) is 6.92 Å². The van der Waals surface area contributed by atoms with Crippen LogP contribution in [0.1, 0.15) is 13.3 Å². The van der Waals surface area contributed by atoms with Crippen LogP contribution in [0.3, 0.4) is 0 Å². The highest BCUT2D eigenvalue weighted by Gasteiger charge is 2.48. The van der Waals surface area contributed by atoms with Crippen LogP contribution in [-0.4, -0.2) is 17.1 Å². The number of alkyl halides is 1. The Kier molecular flexibility index (Phi) is 1.05. The molecule has 1 nitrogen and oxygen atoms in total. The van der Waals surface area contributed by atoms with Gasteiger partial charge in [0, 0.05) is 17.4 Å². The fourth-order valence-corrected chi connectivity index (χ4v) is 0.936. The standard InChI is InChI=1S/C5H9ClO/c1-5(3-7)2-4(5)6/h4,7H,2-3H2,1H3/t4-,5+/m1/s1. The van der Waals surface area contributed by atoms with Gasteiger partial charge in [0.25, 0.3) is 0 Å². The molecule has 1 rings (SSSR count). The summed E-state index contributed by atoms with van der Waals surface area (Å²) in [5.74, 6) is 0. The van der Waals surface area contributed by atoms with Crippen LogP contribution >= 0.6 is 11.6 Å². The normalized spacial score (nSPS) is 49.3. The van der Waals surface area contributed by atoms with Gasteiger partial charge in [-0.15, -0.1) is 11.6 Å². The smallest absolute Gasteiger partial charge is 0.0499 e. The molecule has 0 radical (unpaired) electrons. The third-order valence-electron chi connectivity index (χ3n) is 1.60. The Morgan fingerprint density at radius 3 is 2.43 bits per heavy atom. The molecule has 0 spiro atoms. The first-order valence-electron chi connectivity index (χ1n) is 2.44. The van der Waals surface area contributed by atoms with Gasteiger partial charge in [0.15, 0.2) is 0 Å². The molecular weight excluding hydrogens is 112 g/mol. The zero-order chi connectivity index (χ0) is 5.49. The van der Waals surface area contributed by atoms with E-state index in [1.807, 2.05) is 6.92 Å². The molecule has 0 aromatic carbocycles. The first-order chi connectivity index (χ1) is 3.19. The quantitative estimate of drug-likeness (QED) is 0.512. The van der Waals surface area contributed by atoms with Gasteiger partial charge < -0.3 is 5.11 Å². The highest BCUT2D eigenvalue weighted by Crippen LogP contribution is 2.48. The number of aliphatic hydroxyl groups is 1. The van der Waals surface area contributed by atoms with Crippen molar-refractivity contribution < 1.29 is 5.11 Å². The zero-order valence-electron chi connectivity index (χ0n) is 4.32. The third-order valence-corrected chi connectivity index (χ3v) is 2.28. The average molecular weight is 121 g/mol. The fourth-order valence-electron chi connectivity index (χ4n) is 0.514. The van der Waals surface area contributed by atoms with E-state index in [-0.39, 0.29) is 17.4 Å². The van der Waals surface area contributed by atoms with Gasteiger partial charge in [-0.3, -0.25) is 0 Å². The summed E-state index contributed by atoms with van der Waals surface area (Å²) in [6.45, 7) is 2.23. The highest BCUT2D eigenvalue weighted by molar-refractivity contribution is 6.23. The monoisotopic (exact) mass is 120 g/mol. The van der Waals surface area contributed by atoms with E-state index in [0.717, 1.165) is 6.42 Å². The lowest BCUT2D eigenvalue weighted by Crippen LogP contribution is -2.02. The summed E-state index contributed by atoms with van der Waals surface area (Å²) >= 11 is 5.63. The average Bonchev–Trinajstić information content (AvgIpc) is 2.18. The van der Waals surface area contributed by atoms with E-state index < -0.39 is 0 Å². The molecule has 0 heterocycles. The fraction of sp³-hybridized carbons (Fsp3) is 1.00. The van der Waals surface area contributed by atoms with Crippen molar-refractivity contribution in [1.82, 2.24) is 0 Å². The van der Waals surface area contributed by atoms with Gasteiger partial charge in [-0.2, -0.15) is 0 Å². The zero-order valence-corrected chi connectivity index (χ0v) is 5.07. The maximum absolute atomic E-state index is 8.55. The molecule has 0 unspecified atom stereocenters. The Balaban J connectivity index is 2.36. The van der Waals surface area contributed by atoms with Crippen LogP contribution in [0.4, 0.5) is 0 Å². The third kappa shape index (κ3) is 0.752. The number of rotatable bonds is 1. The van der Waals surface area contributed by atoms with E-state index in [0.29, 0.717) is 0 Å². The van der Waals surface area contributed by atoms with E-state index in [9.17, 15) is 0 Å². The second-order valence-electron chi connectivity index (χ2n) is 2.48. The molecule has 1 aliphatic rings. The summed E-state index contributed by atoms with van der Waals surface area (Å²) < 4.78 is 0. The van der Waals surface area contributed by atoms with Crippen LogP contribution in [0.25, 0.3) is 0 Å². The topological polar surface area (TPSA) is 20.2 Å². The predicted octanol–water partition coefficient (Wildman–Crippen LogP) is 0.996. The van der Waals surface area contributed by atoms with Crippen molar-refractivity contribution in [3.8, 4) is 0 Å². The first kappa shape index (κ1) is 5.39. The molecule has 42 valence electrons. The van der Waals surface area contributed by atoms with Gasteiger partial charge in [0.2, 0.25) is 0 Å². The number of aliphatic hydroxyl groups excluding tert-OH is 1. The molecule has 1 aliphatic carbocycles. The van der Waals surface area contributed by atoms with Crippen molar-refractivity contribution in [2.75, 3.05) is 6.61 Å². The van der Waals surface area contributed by atoms with Crippen molar-refractivity contribution in [1.29, 1.82) is 0 Å². The number of halogens is 1. The summed E-state index contributed by atoms with van der Waals surface area (Å²) in [6.07, 6.45) is 0.977. The second kappa shape index (κ2) is 1.36. The van der Waals surface area contributed by atoms with E-state index in [1.54, 1.807) is 0 Å². The van der Waals surface area contributed by atoms with Gasteiger partial charge in [-0.05, 0) is 6.42 Å². The Morgan fingerprint density at radius 1 is 2.00 bits per heavy atom. The summed E-state index contributed by atoms with van der Waals surface area (Å²) in [5, 5.41) is 8.79. The molecule has 0 aliphatic heterocycles. The van der Waals surface area contributed by atoms with Crippen molar-refractivity contribution in [3.63, 3.8) is 0 Å². The summed E-state index contributed by atoms with van der Waals surface area (Å²) in [4.78, 5) is 0. The van der Waals surface area contributed by atoms with E-state index in [2.05, 4.69) is 0 Å². The molecule has 2 heteroatoms. The van der Waals surface area contributed by atoms with Crippen LogP contribution in [0.2, 0.25) is 0 Å². The van der Waals surface area contributed by atoms with Gasteiger partial charge in [0.05, 0.1) is 0 Å². The lowest BCUT2D eigenvalue weighted by Gasteiger charge is -1.98. The van der Waals surface area contributed by atoms with Gasteiger partial charge >= 0.3 is 0 Å². The van der Waals surface area contributed by atoms with Crippen molar-refractivity contribution in [3.05, 3.63) is 0 Å². The summed E-state index contributed by atoms with van der Waals surface area (Å²) in [7, 11) is 0. The Morgan fingerprint density at radius 2 is 2.43 bits per heavy atom. The van der Waals surface area contributed by atoms with Crippen molar-refractivity contribution in [2.24, 2.45) is 5.41 Å². The maximum Gasteiger partial charge on any atom is 0.0499 e. The summed E-state index contributed by atoms with van der Waals surface area (Å²) in [5.41, 5.74) is 0.0710. The largest absolute Gasteiger partial charge is 0.396 e. The summed E-state index contributed by atoms with van der Waals surface area (Å²) in [6, 6.07) is 0. The van der Waals surface area contributed by atoms with Crippen LogP contribution in [0.15, 0.2) is 0 Å². The lowest BCUT2D eigenvalue weighted by atomic mass is 10.2. The molecule has 2 atom stereocenters. The Hall–Kier alpha value is 0.250.